The summed E-state index contributed by atoms with van der Waals surface area (Å²) in [6, 6.07) is 0.315. The lowest BCUT2D eigenvalue weighted by molar-refractivity contribution is -0.123. The van der Waals surface area contributed by atoms with Gasteiger partial charge in [0.05, 0.1) is 12.7 Å². The highest BCUT2D eigenvalue weighted by Gasteiger charge is 2.16. The van der Waals surface area contributed by atoms with Gasteiger partial charge in [-0.05, 0) is 32.2 Å². The highest BCUT2D eigenvalue weighted by Crippen LogP contribution is 2.07. The van der Waals surface area contributed by atoms with E-state index < -0.39 is 0 Å². The first kappa shape index (κ1) is 14.5. The smallest absolute Gasteiger partial charge is 0.222 e. The molecule has 0 aliphatic carbocycles. The second kappa shape index (κ2) is 7.67. The summed E-state index contributed by atoms with van der Waals surface area (Å²) in [4.78, 5) is 11.6. The van der Waals surface area contributed by atoms with Gasteiger partial charge in [0.25, 0.3) is 0 Å². The Balaban J connectivity index is 2.03. The maximum Gasteiger partial charge on any atom is 0.222 e. The Morgan fingerprint density at radius 1 is 1.47 bits per heavy atom. The largest absolute Gasteiger partial charge is 0.378 e. The number of carbonyl (C=O) groups is 1. The number of amides is 1. The van der Waals surface area contributed by atoms with E-state index in [2.05, 4.69) is 31.4 Å². The fraction of sp³-hybridized carbons (Fsp3) is 0.923. The van der Waals surface area contributed by atoms with E-state index in [0.29, 0.717) is 25.0 Å². The standard InChI is InChI=1S/C13H26N2O2/c1-10(2)8-11(3)17-7-5-13(16)15-12-4-6-14-9-12/h10-12,14H,4-9H2,1-3H3,(H,15,16). The zero-order valence-corrected chi connectivity index (χ0v) is 11.3. The lowest BCUT2D eigenvalue weighted by Crippen LogP contribution is -2.36. The van der Waals surface area contributed by atoms with Gasteiger partial charge in [0.2, 0.25) is 5.91 Å². The van der Waals surface area contributed by atoms with Crippen molar-refractivity contribution >= 4 is 5.91 Å². The molecule has 0 saturated carbocycles. The molecule has 1 aliphatic heterocycles. The fourth-order valence-corrected chi connectivity index (χ4v) is 2.16. The van der Waals surface area contributed by atoms with Crippen LogP contribution in [0.3, 0.4) is 0 Å². The summed E-state index contributed by atoms with van der Waals surface area (Å²) in [6.45, 7) is 8.86. The number of hydrogen-bond donors (Lipinski definition) is 2. The molecule has 0 aromatic carbocycles. The first-order valence-corrected chi connectivity index (χ1v) is 6.69. The lowest BCUT2D eigenvalue weighted by atomic mass is 10.1. The Labute approximate surface area is 104 Å². The summed E-state index contributed by atoms with van der Waals surface area (Å²) in [5.74, 6) is 0.749. The van der Waals surface area contributed by atoms with E-state index in [1.54, 1.807) is 0 Å². The van der Waals surface area contributed by atoms with E-state index in [1.807, 2.05) is 0 Å². The van der Waals surface area contributed by atoms with E-state index in [0.717, 1.165) is 25.9 Å². The molecule has 17 heavy (non-hydrogen) atoms. The van der Waals surface area contributed by atoms with Crippen LogP contribution >= 0.6 is 0 Å². The molecule has 1 fully saturated rings. The maximum atomic E-state index is 11.6. The summed E-state index contributed by atoms with van der Waals surface area (Å²) in [6.07, 6.45) is 2.81. The quantitative estimate of drug-likeness (QED) is 0.707. The monoisotopic (exact) mass is 242 g/mol. The summed E-state index contributed by atoms with van der Waals surface area (Å²) < 4.78 is 5.61. The number of nitrogens with one attached hydrogen (secondary N) is 2. The third-order valence-corrected chi connectivity index (χ3v) is 2.96. The summed E-state index contributed by atoms with van der Waals surface area (Å²) >= 11 is 0. The Morgan fingerprint density at radius 3 is 2.82 bits per heavy atom. The highest BCUT2D eigenvalue weighted by atomic mass is 16.5. The van der Waals surface area contributed by atoms with Gasteiger partial charge in [0.15, 0.2) is 0 Å². The van der Waals surface area contributed by atoms with Gasteiger partial charge in [-0.25, -0.2) is 0 Å². The molecule has 1 saturated heterocycles. The van der Waals surface area contributed by atoms with Crippen molar-refractivity contribution in [3.05, 3.63) is 0 Å². The minimum absolute atomic E-state index is 0.107. The van der Waals surface area contributed by atoms with Crippen LogP contribution in [0.25, 0.3) is 0 Å². The minimum atomic E-state index is 0.107. The predicted octanol–water partition coefficient (Wildman–Crippen LogP) is 1.31. The number of hydrogen-bond acceptors (Lipinski definition) is 3. The van der Waals surface area contributed by atoms with Crippen LogP contribution in [0.5, 0.6) is 0 Å². The van der Waals surface area contributed by atoms with E-state index in [-0.39, 0.29) is 12.0 Å². The van der Waals surface area contributed by atoms with Crippen molar-refractivity contribution in [3.63, 3.8) is 0 Å². The summed E-state index contributed by atoms with van der Waals surface area (Å²) in [5.41, 5.74) is 0. The van der Waals surface area contributed by atoms with Gasteiger partial charge in [-0.1, -0.05) is 13.8 Å². The van der Waals surface area contributed by atoms with Gasteiger partial charge >= 0.3 is 0 Å². The topological polar surface area (TPSA) is 50.4 Å². The number of rotatable bonds is 7. The van der Waals surface area contributed by atoms with Crippen LogP contribution in [-0.4, -0.2) is 37.7 Å². The second-order valence-electron chi connectivity index (χ2n) is 5.32. The van der Waals surface area contributed by atoms with Crippen LogP contribution in [0.15, 0.2) is 0 Å². The van der Waals surface area contributed by atoms with Crippen molar-refractivity contribution in [2.45, 2.75) is 52.2 Å². The Morgan fingerprint density at radius 2 is 2.24 bits per heavy atom. The average molecular weight is 242 g/mol. The molecule has 0 aromatic heterocycles. The third kappa shape index (κ3) is 6.64. The Bertz CT molecular complexity index is 225. The van der Waals surface area contributed by atoms with Gasteiger partial charge in [-0.2, -0.15) is 0 Å². The molecule has 0 spiro atoms. The second-order valence-corrected chi connectivity index (χ2v) is 5.32. The maximum absolute atomic E-state index is 11.6. The van der Waals surface area contributed by atoms with Gasteiger partial charge in [0, 0.05) is 19.0 Å². The molecule has 2 N–H and O–H groups in total. The molecule has 0 radical (unpaired) electrons. The van der Waals surface area contributed by atoms with Crippen molar-refractivity contribution < 1.29 is 9.53 Å². The molecule has 2 unspecified atom stereocenters. The molecule has 0 aromatic rings. The zero-order chi connectivity index (χ0) is 12.7. The Hall–Kier alpha value is -0.610. The average Bonchev–Trinajstić information content (AvgIpc) is 2.69. The molecule has 100 valence electrons. The van der Waals surface area contributed by atoms with E-state index >= 15 is 0 Å². The SMILES string of the molecule is CC(C)CC(C)OCCC(=O)NC1CCNC1. The molecule has 0 bridgehead atoms. The van der Waals surface area contributed by atoms with E-state index in [9.17, 15) is 4.79 Å². The third-order valence-electron chi connectivity index (χ3n) is 2.96. The molecular weight excluding hydrogens is 216 g/mol. The summed E-state index contributed by atoms with van der Waals surface area (Å²) in [7, 11) is 0. The molecule has 1 aliphatic rings. The molecule has 1 amide bonds. The molecule has 4 heteroatoms. The normalized spacial score (nSPS) is 21.8. The van der Waals surface area contributed by atoms with Crippen LogP contribution < -0.4 is 10.6 Å². The highest BCUT2D eigenvalue weighted by molar-refractivity contribution is 5.76. The van der Waals surface area contributed by atoms with Gasteiger partial charge < -0.3 is 15.4 Å². The van der Waals surface area contributed by atoms with Crippen LogP contribution in [-0.2, 0) is 9.53 Å². The van der Waals surface area contributed by atoms with Crippen molar-refractivity contribution in [1.82, 2.24) is 10.6 Å². The van der Waals surface area contributed by atoms with Crippen molar-refractivity contribution in [2.24, 2.45) is 5.92 Å². The van der Waals surface area contributed by atoms with Crippen molar-refractivity contribution in [2.75, 3.05) is 19.7 Å². The van der Waals surface area contributed by atoms with Crippen LogP contribution in [0.4, 0.5) is 0 Å². The fourth-order valence-electron chi connectivity index (χ4n) is 2.16. The van der Waals surface area contributed by atoms with Crippen LogP contribution in [0.1, 0.15) is 40.0 Å². The molecule has 1 rings (SSSR count). The van der Waals surface area contributed by atoms with Crippen molar-refractivity contribution in [1.29, 1.82) is 0 Å². The number of ether oxygens (including phenoxy) is 1. The first-order valence-electron chi connectivity index (χ1n) is 6.69. The molecule has 4 nitrogen and oxygen atoms in total. The van der Waals surface area contributed by atoms with Gasteiger partial charge in [0.1, 0.15) is 0 Å². The van der Waals surface area contributed by atoms with Crippen molar-refractivity contribution in [3.8, 4) is 0 Å². The minimum Gasteiger partial charge on any atom is -0.378 e. The van der Waals surface area contributed by atoms with Crippen LogP contribution in [0, 0.1) is 5.92 Å². The molecular formula is C13H26N2O2. The zero-order valence-electron chi connectivity index (χ0n) is 11.3. The lowest BCUT2D eigenvalue weighted by Gasteiger charge is -2.15. The van der Waals surface area contributed by atoms with E-state index in [4.69, 9.17) is 4.74 Å². The van der Waals surface area contributed by atoms with Gasteiger partial charge in [-0.3, -0.25) is 4.79 Å². The predicted molar refractivity (Wildman–Crippen MR) is 68.9 cm³/mol. The van der Waals surface area contributed by atoms with E-state index in [1.165, 1.54) is 0 Å². The molecule has 1 heterocycles. The first-order chi connectivity index (χ1) is 8.08. The van der Waals surface area contributed by atoms with Crippen LogP contribution in [0.2, 0.25) is 0 Å². The summed E-state index contributed by atoms with van der Waals surface area (Å²) in [5, 5.41) is 6.24. The van der Waals surface area contributed by atoms with Gasteiger partial charge in [-0.15, -0.1) is 0 Å². The Kier molecular flexibility index (Phi) is 6.52. The molecule has 2 atom stereocenters. The number of carbonyl (C=O) groups excluding carboxylic acids is 1.